The molecule has 2 heteroatoms. The van der Waals surface area contributed by atoms with Crippen LogP contribution in [0.25, 0.3) is 0 Å². The van der Waals surface area contributed by atoms with Crippen LogP contribution in [-0.4, -0.2) is 20.1 Å². The molecule has 3 rings (SSSR count). The van der Waals surface area contributed by atoms with E-state index >= 15 is 0 Å². The van der Waals surface area contributed by atoms with Gasteiger partial charge in [-0.2, -0.15) is 0 Å². The number of hydrogen-bond acceptors (Lipinski definition) is 2. The quantitative estimate of drug-likeness (QED) is 0.888. The van der Waals surface area contributed by atoms with Gasteiger partial charge in [-0.25, -0.2) is 0 Å². The summed E-state index contributed by atoms with van der Waals surface area (Å²) in [5, 5.41) is 3.32. The van der Waals surface area contributed by atoms with E-state index in [0.717, 1.165) is 0 Å². The van der Waals surface area contributed by atoms with Crippen molar-refractivity contribution in [2.24, 2.45) is 5.41 Å². The van der Waals surface area contributed by atoms with Crippen LogP contribution in [0.4, 0.5) is 5.69 Å². The van der Waals surface area contributed by atoms with E-state index in [1.807, 2.05) is 7.05 Å². The summed E-state index contributed by atoms with van der Waals surface area (Å²) in [5.74, 6) is 0. The van der Waals surface area contributed by atoms with Gasteiger partial charge in [-0.3, -0.25) is 0 Å². The molecule has 104 valence electrons. The van der Waals surface area contributed by atoms with Crippen molar-refractivity contribution < 1.29 is 0 Å². The molecule has 1 unspecified atom stereocenters. The second kappa shape index (κ2) is 5.16. The van der Waals surface area contributed by atoms with E-state index in [0.29, 0.717) is 11.5 Å². The first-order valence-corrected chi connectivity index (χ1v) is 7.75. The van der Waals surface area contributed by atoms with Crippen molar-refractivity contribution in [1.82, 2.24) is 5.32 Å². The van der Waals surface area contributed by atoms with Crippen molar-refractivity contribution in [3.63, 3.8) is 0 Å². The Balaban J connectivity index is 1.68. The topological polar surface area (TPSA) is 15.3 Å². The molecular weight excluding hydrogens is 232 g/mol. The summed E-state index contributed by atoms with van der Waals surface area (Å²) in [7, 11) is 2.03. The SMILES string of the molecule is CNC(C)c1cccc(N2CC3(CCCCC3)C2)c1. The summed E-state index contributed by atoms with van der Waals surface area (Å²) in [6.45, 7) is 4.78. The predicted molar refractivity (Wildman–Crippen MR) is 81.6 cm³/mol. The van der Waals surface area contributed by atoms with E-state index in [1.54, 1.807) is 0 Å². The first-order valence-electron chi connectivity index (χ1n) is 7.75. The Morgan fingerprint density at radius 1 is 1.16 bits per heavy atom. The Morgan fingerprint density at radius 2 is 1.89 bits per heavy atom. The average molecular weight is 258 g/mol. The zero-order chi connectivity index (χ0) is 13.3. The summed E-state index contributed by atoms with van der Waals surface area (Å²) >= 11 is 0. The molecule has 0 bridgehead atoms. The predicted octanol–water partition coefficient (Wildman–Crippen LogP) is 3.74. The minimum Gasteiger partial charge on any atom is -0.370 e. The van der Waals surface area contributed by atoms with Gasteiger partial charge in [-0.05, 0) is 44.5 Å². The second-order valence-corrected chi connectivity index (χ2v) is 6.52. The van der Waals surface area contributed by atoms with Crippen LogP contribution < -0.4 is 10.2 Å². The molecule has 0 aromatic heterocycles. The van der Waals surface area contributed by atoms with E-state index in [4.69, 9.17) is 0 Å². The van der Waals surface area contributed by atoms with Crippen molar-refractivity contribution >= 4 is 5.69 Å². The third-order valence-electron chi connectivity index (χ3n) is 5.14. The molecule has 1 saturated heterocycles. The van der Waals surface area contributed by atoms with Crippen molar-refractivity contribution in [2.75, 3.05) is 25.0 Å². The van der Waals surface area contributed by atoms with Crippen LogP contribution in [0.3, 0.4) is 0 Å². The molecule has 1 saturated carbocycles. The number of benzene rings is 1. The van der Waals surface area contributed by atoms with Crippen LogP contribution in [0.2, 0.25) is 0 Å². The first-order chi connectivity index (χ1) is 9.22. The van der Waals surface area contributed by atoms with E-state index in [2.05, 4.69) is 41.4 Å². The van der Waals surface area contributed by atoms with Gasteiger partial charge in [0.05, 0.1) is 0 Å². The Morgan fingerprint density at radius 3 is 2.58 bits per heavy atom. The van der Waals surface area contributed by atoms with Crippen LogP contribution in [0.1, 0.15) is 50.6 Å². The van der Waals surface area contributed by atoms with Crippen LogP contribution >= 0.6 is 0 Å². The molecule has 0 radical (unpaired) electrons. The number of nitrogens with zero attached hydrogens (tertiary/aromatic N) is 1. The maximum atomic E-state index is 3.32. The Bertz CT molecular complexity index is 427. The summed E-state index contributed by atoms with van der Waals surface area (Å²) < 4.78 is 0. The molecule has 1 aliphatic carbocycles. The fourth-order valence-corrected chi connectivity index (χ4v) is 3.72. The zero-order valence-corrected chi connectivity index (χ0v) is 12.3. The molecular formula is C17H26N2. The fourth-order valence-electron chi connectivity index (χ4n) is 3.72. The molecule has 1 atom stereocenters. The maximum absolute atomic E-state index is 3.32. The molecule has 1 aromatic rings. The van der Waals surface area contributed by atoms with Crippen molar-refractivity contribution in [3.8, 4) is 0 Å². The van der Waals surface area contributed by atoms with Gasteiger partial charge in [-0.1, -0.05) is 31.4 Å². The lowest BCUT2D eigenvalue weighted by molar-refractivity contribution is 0.139. The van der Waals surface area contributed by atoms with E-state index in [1.165, 1.54) is 56.4 Å². The average Bonchev–Trinajstić information content (AvgIpc) is 2.45. The number of anilines is 1. The van der Waals surface area contributed by atoms with E-state index < -0.39 is 0 Å². The molecule has 2 nitrogen and oxygen atoms in total. The highest BCUT2D eigenvalue weighted by atomic mass is 15.2. The largest absolute Gasteiger partial charge is 0.370 e. The lowest BCUT2D eigenvalue weighted by atomic mass is 9.68. The third kappa shape index (κ3) is 2.51. The summed E-state index contributed by atoms with van der Waals surface area (Å²) in [4.78, 5) is 2.57. The lowest BCUT2D eigenvalue weighted by Crippen LogP contribution is -2.57. The molecule has 1 N–H and O–H groups in total. The van der Waals surface area contributed by atoms with Gasteiger partial charge in [0.2, 0.25) is 0 Å². The third-order valence-corrected chi connectivity index (χ3v) is 5.14. The summed E-state index contributed by atoms with van der Waals surface area (Å²) in [5.41, 5.74) is 3.48. The van der Waals surface area contributed by atoms with E-state index in [9.17, 15) is 0 Å². The molecule has 19 heavy (non-hydrogen) atoms. The van der Waals surface area contributed by atoms with Crippen LogP contribution in [0.15, 0.2) is 24.3 Å². The molecule has 1 heterocycles. The second-order valence-electron chi connectivity index (χ2n) is 6.52. The highest BCUT2D eigenvalue weighted by Crippen LogP contribution is 2.45. The molecule has 1 aromatic carbocycles. The highest BCUT2D eigenvalue weighted by molar-refractivity contribution is 5.52. The zero-order valence-electron chi connectivity index (χ0n) is 12.3. The van der Waals surface area contributed by atoms with Gasteiger partial charge in [-0.15, -0.1) is 0 Å². The standard InChI is InChI=1S/C17H26N2/c1-14(18-2)15-7-6-8-16(11-15)19-12-17(13-19)9-4-3-5-10-17/h6-8,11,14,18H,3-5,9-10,12-13H2,1-2H3. The minimum atomic E-state index is 0.435. The van der Waals surface area contributed by atoms with Crippen LogP contribution in [0.5, 0.6) is 0 Å². The lowest BCUT2D eigenvalue weighted by Gasteiger charge is -2.53. The van der Waals surface area contributed by atoms with Crippen LogP contribution in [0, 0.1) is 5.41 Å². The molecule has 1 spiro atoms. The van der Waals surface area contributed by atoms with Gasteiger partial charge in [0, 0.05) is 30.2 Å². The number of rotatable bonds is 3. The molecule has 2 aliphatic rings. The van der Waals surface area contributed by atoms with E-state index in [-0.39, 0.29) is 0 Å². The maximum Gasteiger partial charge on any atom is 0.0369 e. The minimum absolute atomic E-state index is 0.435. The smallest absolute Gasteiger partial charge is 0.0369 e. The Labute approximate surface area is 117 Å². The monoisotopic (exact) mass is 258 g/mol. The van der Waals surface area contributed by atoms with Crippen molar-refractivity contribution in [2.45, 2.75) is 45.1 Å². The van der Waals surface area contributed by atoms with Crippen molar-refractivity contribution in [1.29, 1.82) is 0 Å². The van der Waals surface area contributed by atoms with Crippen LogP contribution in [-0.2, 0) is 0 Å². The van der Waals surface area contributed by atoms with Gasteiger partial charge >= 0.3 is 0 Å². The Hall–Kier alpha value is -1.02. The molecule has 0 amide bonds. The summed E-state index contributed by atoms with van der Waals surface area (Å²) in [6, 6.07) is 9.48. The summed E-state index contributed by atoms with van der Waals surface area (Å²) in [6.07, 6.45) is 7.26. The highest BCUT2D eigenvalue weighted by Gasteiger charge is 2.43. The van der Waals surface area contributed by atoms with Gasteiger partial charge in [0.1, 0.15) is 0 Å². The van der Waals surface area contributed by atoms with Crippen molar-refractivity contribution in [3.05, 3.63) is 29.8 Å². The van der Waals surface area contributed by atoms with Gasteiger partial charge in [0.25, 0.3) is 0 Å². The Kier molecular flexibility index (Phi) is 3.53. The van der Waals surface area contributed by atoms with Gasteiger partial charge in [0.15, 0.2) is 0 Å². The number of hydrogen-bond donors (Lipinski definition) is 1. The number of nitrogens with one attached hydrogen (secondary N) is 1. The molecule has 1 aliphatic heterocycles. The fraction of sp³-hybridized carbons (Fsp3) is 0.647. The molecule has 2 fully saturated rings. The first kappa shape index (κ1) is 13.0. The van der Waals surface area contributed by atoms with Gasteiger partial charge < -0.3 is 10.2 Å². The normalized spacial score (nSPS) is 23.2.